The molecule has 0 radical (unpaired) electrons. The lowest BCUT2D eigenvalue weighted by molar-refractivity contribution is 0.0948. The number of methoxy groups -OCH3 is 2. The molecule has 0 aliphatic heterocycles. The first-order valence-corrected chi connectivity index (χ1v) is 8.11. The maximum Gasteiger partial charge on any atom is 0.254 e. The fourth-order valence-corrected chi connectivity index (χ4v) is 2.22. The maximum atomic E-state index is 12.0. The number of amides is 1. The number of hydrogen-bond acceptors (Lipinski definition) is 6. The molecule has 2 rings (SSSR count). The third kappa shape index (κ3) is 4.96. The van der Waals surface area contributed by atoms with E-state index in [0.717, 1.165) is 0 Å². The van der Waals surface area contributed by atoms with Gasteiger partial charge in [0.2, 0.25) is 5.95 Å². The van der Waals surface area contributed by atoms with Crippen LogP contribution in [0.1, 0.15) is 24.2 Å². The van der Waals surface area contributed by atoms with Gasteiger partial charge in [-0.25, -0.2) is 9.97 Å². The van der Waals surface area contributed by atoms with E-state index >= 15 is 0 Å². The molecule has 0 saturated heterocycles. The van der Waals surface area contributed by atoms with Crippen LogP contribution in [0.5, 0.6) is 11.5 Å². The fraction of sp³-hybridized carbons (Fsp3) is 0.353. The van der Waals surface area contributed by atoms with Gasteiger partial charge in [-0.3, -0.25) is 4.79 Å². The SMILES string of the molecule is COc1cc(Nc2ncc(C(=O)NCC(C)C)cn2)c(OC)cc1Cl. The third-order valence-corrected chi connectivity index (χ3v) is 3.60. The van der Waals surface area contributed by atoms with E-state index in [9.17, 15) is 4.79 Å². The predicted octanol–water partition coefficient (Wildman–Crippen LogP) is 3.28. The molecule has 8 heteroatoms. The average molecular weight is 365 g/mol. The predicted molar refractivity (Wildman–Crippen MR) is 97.0 cm³/mol. The summed E-state index contributed by atoms with van der Waals surface area (Å²) in [4.78, 5) is 20.3. The van der Waals surface area contributed by atoms with Gasteiger partial charge in [0.15, 0.2) is 0 Å². The van der Waals surface area contributed by atoms with E-state index < -0.39 is 0 Å². The third-order valence-electron chi connectivity index (χ3n) is 3.31. The van der Waals surface area contributed by atoms with Crippen molar-refractivity contribution >= 4 is 29.1 Å². The van der Waals surface area contributed by atoms with Gasteiger partial charge in [0.25, 0.3) is 5.91 Å². The molecule has 25 heavy (non-hydrogen) atoms. The van der Waals surface area contributed by atoms with Crippen LogP contribution in [0.2, 0.25) is 5.02 Å². The van der Waals surface area contributed by atoms with Crippen molar-refractivity contribution in [2.24, 2.45) is 5.92 Å². The lowest BCUT2D eigenvalue weighted by Crippen LogP contribution is -2.27. The summed E-state index contributed by atoms with van der Waals surface area (Å²) in [6.45, 7) is 4.65. The van der Waals surface area contributed by atoms with E-state index in [-0.39, 0.29) is 5.91 Å². The highest BCUT2D eigenvalue weighted by Gasteiger charge is 2.12. The Morgan fingerprint density at radius 2 is 1.80 bits per heavy atom. The first-order chi connectivity index (χ1) is 11.9. The molecule has 2 N–H and O–H groups in total. The van der Waals surface area contributed by atoms with Crippen LogP contribution in [0.15, 0.2) is 24.5 Å². The lowest BCUT2D eigenvalue weighted by atomic mass is 10.2. The Morgan fingerprint density at radius 1 is 1.16 bits per heavy atom. The number of nitrogens with zero attached hydrogens (tertiary/aromatic N) is 2. The average Bonchev–Trinajstić information content (AvgIpc) is 2.61. The highest BCUT2D eigenvalue weighted by atomic mass is 35.5. The molecule has 1 aromatic heterocycles. The summed E-state index contributed by atoms with van der Waals surface area (Å²) in [7, 11) is 3.06. The van der Waals surface area contributed by atoms with Gasteiger partial charge in [0.1, 0.15) is 11.5 Å². The number of ether oxygens (including phenoxy) is 2. The first kappa shape index (κ1) is 18.8. The zero-order valence-electron chi connectivity index (χ0n) is 14.6. The van der Waals surface area contributed by atoms with E-state index in [0.29, 0.717) is 46.2 Å². The number of carbonyl (C=O) groups excluding carboxylic acids is 1. The van der Waals surface area contributed by atoms with Crippen LogP contribution in [0.3, 0.4) is 0 Å². The Bertz CT molecular complexity index is 735. The number of halogens is 1. The van der Waals surface area contributed by atoms with Crippen molar-refractivity contribution in [2.75, 3.05) is 26.1 Å². The zero-order valence-corrected chi connectivity index (χ0v) is 15.3. The Kier molecular flexibility index (Phi) is 6.41. The van der Waals surface area contributed by atoms with E-state index in [1.807, 2.05) is 13.8 Å². The number of anilines is 2. The minimum Gasteiger partial charge on any atom is -0.495 e. The molecule has 0 aliphatic rings. The number of hydrogen-bond donors (Lipinski definition) is 2. The van der Waals surface area contributed by atoms with Crippen molar-refractivity contribution in [3.63, 3.8) is 0 Å². The Balaban J connectivity index is 2.15. The van der Waals surface area contributed by atoms with Gasteiger partial charge in [-0.15, -0.1) is 0 Å². The molecule has 0 atom stereocenters. The normalized spacial score (nSPS) is 10.5. The molecule has 2 aromatic rings. The summed E-state index contributed by atoms with van der Waals surface area (Å²) in [6.07, 6.45) is 2.93. The van der Waals surface area contributed by atoms with E-state index in [1.54, 1.807) is 12.1 Å². The molecule has 1 aromatic carbocycles. The van der Waals surface area contributed by atoms with Crippen molar-refractivity contribution < 1.29 is 14.3 Å². The second-order valence-electron chi connectivity index (χ2n) is 5.71. The standard InChI is InChI=1S/C17H21ClN4O3/c1-10(2)7-19-16(23)11-8-20-17(21-9-11)22-13-6-14(24-3)12(18)5-15(13)25-4/h5-6,8-10H,7H2,1-4H3,(H,19,23)(H,20,21,22). The van der Waals surface area contributed by atoms with Gasteiger partial charge >= 0.3 is 0 Å². The Labute approximate surface area is 151 Å². The molecule has 0 aliphatic carbocycles. The second-order valence-corrected chi connectivity index (χ2v) is 6.12. The highest BCUT2D eigenvalue weighted by molar-refractivity contribution is 6.32. The van der Waals surface area contributed by atoms with Crippen LogP contribution < -0.4 is 20.1 Å². The molecule has 0 fully saturated rings. The fourth-order valence-electron chi connectivity index (χ4n) is 1.99. The van der Waals surface area contributed by atoms with Crippen LogP contribution in [0, 0.1) is 5.92 Å². The molecule has 0 bridgehead atoms. The van der Waals surface area contributed by atoms with Gasteiger partial charge in [-0.2, -0.15) is 0 Å². The van der Waals surface area contributed by atoms with Gasteiger partial charge < -0.3 is 20.1 Å². The van der Waals surface area contributed by atoms with Crippen LogP contribution >= 0.6 is 11.6 Å². The van der Waals surface area contributed by atoms with Crippen molar-refractivity contribution in [1.29, 1.82) is 0 Å². The van der Waals surface area contributed by atoms with Gasteiger partial charge in [0, 0.05) is 31.1 Å². The smallest absolute Gasteiger partial charge is 0.254 e. The zero-order chi connectivity index (χ0) is 18.4. The van der Waals surface area contributed by atoms with Crippen molar-refractivity contribution in [2.45, 2.75) is 13.8 Å². The van der Waals surface area contributed by atoms with E-state index in [2.05, 4.69) is 20.6 Å². The second kappa shape index (κ2) is 8.53. The summed E-state index contributed by atoms with van der Waals surface area (Å²) < 4.78 is 10.5. The number of nitrogens with one attached hydrogen (secondary N) is 2. The highest BCUT2D eigenvalue weighted by Crippen LogP contribution is 2.36. The monoisotopic (exact) mass is 364 g/mol. The van der Waals surface area contributed by atoms with Crippen LogP contribution in [-0.4, -0.2) is 36.6 Å². The number of benzene rings is 1. The Hall–Kier alpha value is -2.54. The summed E-state index contributed by atoms with van der Waals surface area (Å²) in [6, 6.07) is 3.32. The van der Waals surface area contributed by atoms with Crippen molar-refractivity contribution in [3.8, 4) is 11.5 Å². The van der Waals surface area contributed by atoms with Crippen molar-refractivity contribution in [1.82, 2.24) is 15.3 Å². The maximum absolute atomic E-state index is 12.0. The van der Waals surface area contributed by atoms with E-state index in [4.69, 9.17) is 21.1 Å². The minimum atomic E-state index is -0.203. The Morgan fingerprint density at radius 3 is 2.36 bits per heavy atom. The largest absolute Gasteiger partial charge is 0.495 e. The molecule has 0 spiro atoms. The molecule has 1 amide bonds. The van der Waals surface area contributed by atoms with Gasteiger partial charge in [0.05, 0.1) is 30.5 Å². The molecule has 134 valence electrons. The lowest BCUT2D eigenvalue weighted by Gasteiger charge is -2.13. The summed E-state index contributed by atoms with van der Waals surface area (Å²) in [5.74, 6) is 1.51. The quantitative estimate of drug-likeness (QED) is 0.784. The summed E-state index contributed by atoms with van der Waals surface area (Å²) in [5, 5.41) is 6.27. The number of carbonyl (C=O) groups is 1. The molecular formula is C17H21ClN4O3. The van der Waals surface area contributed by atoms with Crippen molar-refractivity contribution in [3.05, 3.63) is 35.1 Å². The molecular weight excluding hydrogens is 344 g/mol. The summed E-state index contributed by atoms with van der Waals surface area (Å²) in [5.41, 5.74) is 0.993. The molecule has 1 heterocycles. The molecule has 0 unspecified atom stereocenters. The van der Waals surface area contributed by atoms with Crippen LogP contribution in [0.25, 0.3) is 0 Å². The van der Waals surface area contributed by atoms with Gasteiger partial charge in [-0.1, -0.05) is 25.4 Å². The first-order valence-electron chi connectivity index (χ1n) is 7.73. The molecule has 0 saturated carbocycles. The molecule has 7 nitrogen and oxygen atoms in total. The van der Waals surface area contributed by atoms with Crippen LogP contribution in [-0.2, 0) is 0 Å². The topological polar surface area (TPSA) is 85.4 Å². The van der Waals surface area contributed by atoms with Crippen LogP contribution in [0.4, 0.5) is 11.6 Å². The number of aromatic nitrogens is 2. The number of rotatable bonds is 7. The van der Waals surface area contributed by atoms with Gasteiger partial charge in [-0.05, 0) is 5.92 Å². The minimum absolute atomic E-state index is 0.203. The summed E-state index contributed by atoms with van der Waals surface area (Å²) >= 11 is 6.08. The van der Waals surface area contributed by atoms with E-state index in [1.165, 1.54) is 26.6 Å².